The number of benzene rings is 2. The third-order valence-electron chi connectivity index (χ3n) is 7.50. The Morgan fingerprint density at radius 1 is 0.972 bits per heavy atom. The highest BCUT2D eigenvalue weighted by molar-refractivity contribution is 5.97. The first kappa shape index (κ1) is 24.6. The minimum absolute atomic E-state index is 0.0226. The lowest BCUT2D eigenvalue weighted by atomic mass is 10.0. The number of likely N-dealkylation sites (N-methyl/N-ethyl adjacent to an activating group) is 1. The highest BCUT2D eigenvalue weighted by Gasteiger charge is 2.27. The van der Waals surface area contributed by atoms with Crippen molar-refractivity contribution in [1.82, 2.24) is 24.7 Å². The van der Waals surface area contributed by atoms with Crippen LogP contribution in [-0.2, 0) is 11.2 Å². The van der Waals surface area contributed by atoms with E-state index in [1.165, 1.54) is 5.56 Å². The Bertz CT molecular complexity index is 1180. The molecule has 1 amide bonds. The summed E-state index contributed by atoms with van der Waals surface area (Å²) < 4.78 is 0. The predicted octanol–water partition coefficient (Wildman–Crippen LogP) is 3.59. The molecule has 0 aliphatic carbocycles. The number of amides is 1. The SMILES string of the molecule is CCc1cccc(Nc2ncnc3ccc(NC(=O)CN4CCC(N5CCN(C)CC5)CC4)cc23)c1. The van der Waals surface area contributed by atoms with Crippen LogP contribution in [0.1, 0.15) is 25.3 Å². The molecule has 2 aliphatic heterocycles. The number of hydrogen-bond donors (Lipinski definition) is 2. The fourth-order valence-corrected chi connectivity index (χ4v) is 5.27. The van der Waals surface area contributed by atoms with Gasteiger partial charge in [0.05, 0.1) is 12.1 Å². The van der Waals surface area contributed by atoms with E-state index < -0.39 is 0 Å². The highest BCUT2D eigenvalue weighted by Crippen LogP contribution is 2.26. The molecule has 2 fully saturated rings. The molecule has 0 unspecified atom stereocenters. The third-order valence-corrected chi connectivity index (χ3v) is 7.50. The zero-order chi connectivity index (χ0) is 24.9. The van der Waals surface area contributed by atoms with E-state index in [0.29, 0.717) is 12.6 Å². The van der Waals surface area contributed by atoms with E-state index in [4.69, 9.17) is 0 Å². The molecule has 0 spiro atoms. The summed E-state index contributed by atoms with van der Waals surface area (Å²) in [5.74, 6) is 0.754. The molecule has 0 atom stereocenters. The maximum absolute atomic E-state index is 12.9. The molecule has 3 heterocycles. The summed E-state index contributed by atoms with van der Waals surface area (Å²) in [4.78, 5) is 29.1. The Morgan fingerprint density at radius 3 is 2.56 bits per heavy atom. The first-order valence-electron chi connectivity index (χ1n) is 13.1. The van der Waals surface area contributed by atoms with E-state index in [0.717, 1.165) is 86.6 Å². The molecule has 1 aromatic heterocycles. The van der Waals surface area contributed by atoms with Gasteiger partial charge in [0.15, 0.2) is 0 Å². The summed E-state index contributed by atoms with van der Waals surface area (Å²) >= 11 is 0. The minimum Gasteiger partial charge on any atom is -0.340 e. The van der Waals surface area contributed by atoms with Gasteiger partial charge in [0, 0.05) is 62.1 Å². The van der Waals surface area contributed by atoms with Gasteiger partial charge in [-0.15, -0.1) is 0 Å². The van der Waals surface area contributed by atoms with Gasteiger partial charge in [0.25, 0.3) is 0 Å². The third kappa shape index (κ3) is 6.00. The van der Waals surface area contributed by atoms with E-state index >= 15 is 0 Å². The van der Waals surface area contributed by atoms with Crippen molar-refractivity contribution in [2.75, 3.05) is 63.5 Å². The fraction of sp³-hybridized carbons (Fsp3) is 0.464. The van der Waals surface area contributed by atoms with Gasteiger partial charge in [-0.3, -0.25) is 14.6 Å². The highest BCUT2D eigenvalue weighted by atomic mass is 16.2. The van der Waals surface area contributed by atoms with Gasteiger partial charge in [-0.25, -0.2) is 9.97 Å². The monoisotopic (exact) mass is 487 g/mol. The van der Waals surface area contributed by atoms with Crippen LogP contribution in [0.25, 0.3) is 10.9 Å². The van der Waals surface area contributed by atoms with Crippen LogP contribution in [0.15, 0.2) is 48.8 Å². The molecule has 36 heavy (non-hydrogen) atoms. The van der Waals surface area contributed by atoms with Gasteiger partial charge in [0.2, 0.25) is 5.91 Å². The topological polar surface area (TPSA) is 76.6 Å². The summed E-state index contributed by atoms with van der Waals surface area (Å²) in [6.45, 7) is 9.14. The molecule has 3 aromatic rings. The van der Waals surface area contributed by atoms with E-state index in [1.807, 2.05) is 30.3 Å². The number of hydrogen-bond acceptors (Lipinski definition) is 7. The molecule has 2 saturated heterocycles. The zero-order valence-electron chi connectivity index (χ0n) is 21.4. The number of likely N-dealkylation sites (tertiary alicyclic amines) is 1. The second kappa shape index (κ2) is 11.3. The van der Waals surface area contributed by atoms with Crippen LogP contribution in [0.5, 0.6) is 0 Å². The fourth-order valence-electron chi connectivity index (χ4n) is 5.27. The van der Waals surface area contributed by atoms with Crippen molar-refractivity contribution >= 4 is 34.0 Å². The van der Waals surface area contributed by atoms with Crippen LogP contribution >= 0.6 is 0 Å². The number of carbonyl (C=O) groups is 1. The van der Waals surface area contributed by atoms with Gasteiger partial charge in [0.1, 0.15) is 12.1 Å². The van der Waals surface area contributed by atoms with Gasteiger partial charge >= 0.3 is 0 Å². The Labute approximate surface area is 213 Å². The molecule has 0 bridgehead atoms. The van der Waals surface area contributed by atoms with E-state index in [-0.39, 0.29) is 5.91 Å². The molecular formula is C28H37N7O. The van der Waals surface area contributed by atoms with E-state index in [2.05, 4.69) is 61.4 Å². The molecule has 0 saturated carbocycles. The average Bonchev–Trinajstić information content (AvgIpc) is 2.90. The smallest absolute Gasteiger partial charge is 0.238 e. The predicted molar refractivity (Wildman–Crippen MR) is 146 cm³/mol. The lowest BCUT2D eigenvalue weighted by Crippen LogP contribution is -2.52. The molecule has 2 aromatic carbocycles. The van der Waals surface area contributed by atoms with Crippen LogP contribution in [0.2, 0.25) is 0 Å². The Morgan fingerprint density at radius 2 is 1.78 bits per heavy atom. The van der Waals surface area contributed by atoms with Crippen molar-refractivity contribution in [3.63, 3.8) is 0 Å². The number of fused-ring (bicyclic) bond motifs is 1. The number of piperidine rings is 1. The number of carbonyl (C=O) groups excluding carboxylic acids is 1. The van der Waals surface area contributed by atoms with Crippen LogP contribution in [0.4, 0.5) is 17.2 Å². The van der Waals surface area contributed by atoms with Gasteiger partial charge in [-0.05, 0) is 62.2 Å². The standard InChI is InChI=1S/C28H37N7O/c1-3-21-5-4-6-22(17-21)32-28-25-18-23(7-8-26(25)29-20-30-28)31-27(36)19-34-11-9-24(10-12-34)35-15-13-33(2)14-16-35/h4-8,17-18,20,24H,3,9-16,19H2,1-2H3,(H,31,36)(H,29,30,32). The molecule has 2 N–H and O–H groups in total. The van der Waals surface area contributed by atoms with Gasteiger partial charge < -0.3 is 15.5 Å². The Balaban J connectivity index is 1.19. The first-order chi connectivity index (χ1) is 17.6. The number of aryl methyl sites for hydroxylation is 1. The van der Waals surface area contributed by atoms with Gasteiger partial charge in [-0.1, -0.05) is 19.1 Å². The molecular weight excluding hydrogens is 450 g/mol. The molecule has 2 aliphatic rings. The number of aromatic nitrogens is 2. The largest absolute Gasteiger partial charge is 0.340 e. The quantitative estimate of drug-likeness (QED) is 0.527. The second-order valence-corrected chi connectivity index (χ2v) is 10.0. The maximum Gasteiger partial charge on any atom is 0.238 e. The summed E-state index contributed by atoms with van der Waals surface area (Å²) in [5, 5.41) is 7.39. The van der Waals surface area contributed by atoms with Crippen LogP contribution in [-0.4, -0.2) is 89.5 Å². The van der Waals surface area contributed by atoms with E-state index in [1.54, 1.807) is 6.33 Å². The number of piperazine rings is 1. The Kier molecular flexibility index (Phi) is 7.75. The minimum atomic E-state index is 0.0226. The number of anilines is 3. The van der Waals surface area contributed by atoms with Crippen molar-refractivity contribution in [3.05, 3.63) is 54.4 Å². The summed E-state index contributed by atoms with van der Waals surface area (Å²) in [7, 11) is 2.20. The maximum atomic E-state index is 12.9. The summed E-state index contributed by atoms with van der Waals surface area (Å²) in [6, 6.07) is 14.8. The molecule has 0 radical (unpaired) electrons. The molecule has 5 rings (SSSR count). The summed E-state index contributed by atoms with van der Waals surface area (Å²) in [5.41, 5.74) is 3.85. The van der Waals surface area contributed by atoms with Gasteiger partial charge in [-0.2, -0.15) is 0 Å². The molecule has 8 heteroatoms. The average molecular weight is 488 g/mol. The Hall–Kier alpha value is -3.07. The van der Waals surface area contributed by atoms with Crippen LogP contribution < -0.4 is 10.6 Å². The number of rotatable bonds is 7. The lowest BCUT2D eigenvalue weighted by Gasteiger charge is -2.41. The lowest BCUT2D eigenvalue weighted by molar-refractivity contribution is -0.117. The van der Waals surface area contributed by atoms with Crippen LogP contribution in [0.3, 0.4) is 0 Å². The van der Waals surface area contributed by atoms with Crippen molar-refractivity contribution < 1.29 is 4.79 Å². The normalized spacial score (nSPS) is 18.4. The zero-order valence-corrected chi connectivity index (χ0v) is 21.4. The van der Waals surface area contributed by atoms with E-state index in [9.17, 15) is 4.79 Å². The number of nitrogens with one attached hydrogen (secondary N) is 2. The second-order valence-electron chi connectivity index (χ2n) is 10.0. The summed E-state index contributed by atoms with van der Waals surface area (Å²) in [6.07, 6.45) is 4.82. The van der Waals surface area contributed by atoms with Crippen molar-refractivity contribution in [3.8, 4) is 0 Å². The molecule has 8 nitrogen and oxygen atoms in total. The number of nitrogens with zero attached hydrogens (tertiary/aromatic N) is 5. The molecule has 190 valence electrons. The van der Waals surface area contributed by atoms with Crippen molar-refractivity contribution in [1.29, 1.82) is 0 Å². The van der Waals surface area contributed by atoms with Crippen molar-refractivity contribution in [2.24, 2.45) is 0 Å². The van der Waals surface area contributed by atoms with Crippen LogP contribution in [0, 0.1) is 0 Å². The van der Waals surface area contributed by atoms with Crippen molar-refractivity contribution in [2.45, 2.75) is 32.2 Å². The first-order valence-corrected chi connectivity index (χ1v) is 13.1.